The summed E-state index contributed by atoms with van der Waals surface area (Å²) in [6.45, 7) is 4.06. The number of carbonyl (C=O) groups is 1. The fraction of sp³-hybridized carbons (Fsp3) is 0.333. The lowest BCUT2D eigenvalue weighted by Crippen LogP contribution is -2.10. The van der Waals surface area contributed by atoms with Crippen LogP contribution in [0.25, 0.3) is 0 Å². The zero-order valence-electron chi connectivity index (χ0n) is 9.21. The van der Waals surface area contributed by atoms with E-state index < -0.39 is 0 Å². The summed E-state index contributed by atoms with van der Waals surface area (Å²) >= 11 is 2.14. The molecule has 1 aromatic carbocycles. The minimum Gasteiger partial charge on any atom is -0.466 e. The van der Waals surface area contributed by atoms with E-state index in [2.05, 4.69) is 28.7 Å². The zero-order valence-corrected chi connectivity index (χ0v) is 11.4. The second-order valence-corrected chi connectivity index (χ2v) is 4.53. The molecule has 0 unspecified atom stereocenters. The normalized spacial score (nSPS) is 9.62. The van der Waals surface area contributed by atoms with Crippen molar-refractivity contribution in [3.63, 3.8) is 0 Å². The number of hydrogen-bond acceptors (Lipinski definition) is 3. The number of hydrogen-bond donors (Lipinski definition) is 0. The first-order chi connectivity index (χ1) is 7.58. The number of aryl methyl sites for hydroxylation is 1. The van der Waals surface area contributed by atoms with E-state index in [9.17, 15) is 4.79 Å². The molecule has 0 aromatic heterocycles. The van der Waals surface area contributed by atoms with E-state index in [1.54, 1.807) is 13.0 Å². The Balaban J connectivity index is 3.04. The van der Waals surface area contributed by atoms with E-state index in [1.165, 1.54) is 0 Å². The van der Waals surface area contributed by atoms with Gasteiger partial charge in [-0.3, -0.25) is 4.79 Å². The van der Waals surface area contributed by atoms with Crippen LogP contribution in [0.3, 0.4) is 0 Å². The largest absolute Gasteiger partial charge is 0.466 e. The Labute approximate surface area is 109 Å². The predicted octanol–water partition coefficient (Wildman–Crippen LogP) is 2.58. The topological polar surface area (TPSA) is 50.1 Å². The predicted molar refractivity (Wildman–Crippen MR) is 68.9 cm³/mol. The molecule has 0 spiro atoms. The van der Waals surface area contributed by atoms with Crippen LogP contribution in [0.2, 0.25) is 0 Å². The van der Waals surface area contributed by atoms with Gasteiger partial charge in [-0.15, -0.1) is 0 Å². The lowest BCUT2D eigenvalue weighted by molar-refractivity contribution is -0.142. The van der Waals surface area contributed by atoms with Gasteiger partial charge in [-0.1, -0.05) is 0 Å². The van der Waals surface area contributed by atoms with Crippen LogP contribution in [0.5, 0.6) is 0 Å². The van der Waals surface area contributed by atoms with Crippen LogP contribution in [0, 0.1) is 21.8 Å². The highest BCUT2D eigenvalue weighted by Gasteiger charge is 2.12. The Morgan fingerprint density at radius 1 is 1.56 bits per heavy atom. The molecule has 0 aliphatic heterocycles. The Morgan fingerprint density at radius 2 is 2.25 bits per heavy atom. The summed E-state index contributed by atoms with van der Waals surface area (Å²) in [6.07, 6.45) is 0.162. The molecule has 0 fully saturated rings. The van der Waals surface area contributed by atoms with Crippen LogP contribution < -0.4 is 0 Å². The van der Waals surface area contributed by atoms with Crippen molar-refractivity contribution in [1.82, 2.24) is 0 Å². The van der Waals surface area contributed by atoms with Crippen LogP contribution in [-0.4, -0.2) is 12.6 Å². The Bertz CT molecular complexity index is 449. The average Bonchev–Trinajstić information content (AvgIpc) is 2.22. The first kappa shape index (κ1) is 13.0. The highest BCUT2D eigenvalue weighted by Crippen LogP contribution is 2.20. The van der Waals surface area contributed by atoms with Gasteiger partial charge in [-0.25, -0.2) is 0 Å². The summed E-state index contributed by atoms with van der Waals surface area (Å²) in [5.74, 6) is -0.291. The van der Waals surface area contributed by atoms with E-state index in [0.717, 1.165) is 14.7 Å². The molecule has 0 N–H and O–H groups in total. The second-order valence-electron chi connectivity index (χ2n) is 3.37. The monoisotopic (exact) mass is 329 g/mol. The number of benzene rings is 1. The molecule has 3 nitrogen and oxygen atoms in total. The van der Waals surface area contributed by atoms with E-state index in [0.29, 0.717) is 12.2 Å². The van der Waals surface area contributed by atoms with Crippen LogP contribution in [0.4, 0.5) is 0 Å². The van der Waals surface area contributed by atoms with Gasteiger partial charge < -0.3 is 4.74 Å². The van der Waals surface area contributed by atoms with E-state index in [-0.39, 0.29) is 12.4 Å². The minimum absolute atomic E-state index is 0.162. The van der Waals surface area contributed by atoms with Gasteiger partial charge in [-0.2, -0.15) is 5.26 Å². The molecule has 0 amide bonds. The third-order valence-corrected chi connectivity index (χ3v) is 3.05. The second kappa shape index (κ2) is 5.85. The third-order valence-electron chi connectivity index (χ3n) is 2.09. The fourth-order valence-electron chi connectivity index (χ4n) is 1.41. The molecule has 84 valence electrons. The third kappa shape index (κ3) is 3.20. The molecule has 4 heteroatoms. The molecule has 0 aliphatic carbocycles. The van der Waals surface area contributed by atoms with Crippen LogP contribution in [0.1, 0.15) is 23.6 Å². The number of ether oxygens (including phenoxy) is 1. The molecular formula is C12H12INO2. The number of halogens is 1. The van der Waals surface area contributed by atoms with Crippen molar-refractivity contribution >= 4 is 28.6 Å². The summed E-state index contributed by atoms with van der Waals surface area (Å²) in [4.78, 5) is 11.4. The molecule has 1 aromatic rings. The Hall–Kier alpha value is -1.09. The summed E-state index contributed by atoms with van der Waals surface area (Å²) in [6, 6.07) is 5.85. The molecule has 0 heterocycles. The number of carbonyl (C=O) groups excluding carboxylic acids is 1. The van der Waals surface area contributed by atoms with Gasteiger partial charge in [0.05, 0.1) is 24.7 Å². The number of nitrogens with zero attached hydrogens (tertiary/aromatic N) is 1. The molecule has 0 bridgehead atoms. The standard InChI is InChI=1S/C12H12INO2/c1-3-16-12(15)6-10-9(7-14)4-8(2)5-11(10)13/h4-5H,3,6H2,1-2H3. The Morgan fingerprint density at radius 3 is 2.81 bits per heavy atom. The van der Waals surface area contributed by atoms with Crippen LogP contribution in [0.15, 0.2) is 12.1 Å². The Kier molecular flexibility index (Phi) is 4.74. The quantitative estimate of drug-likeness (QED) is 0.633. The van der Waals surface area contributed by atoms with Crippen molar-refractivity contribution < 1.29 is 9.53 Å². The zero-order chi connectivity index (χ0) is 12.1. The van der Waals surface area contributed by atoms with Gasteiger partial charge in [0, 0.05) is 3.57 Å². The fourth-order valence-corrected chi connectivity index (χ4v) is 2.38. The number of nitriles is 1. The summed E-state index contributed by atoms with van der Waals surface area (Å²) < 4.78 is 5.81. The highest BCUT2D eigenvalue weighted by atomic mass is 127. The number of rotatable bonds is 3. The molecule has 0 saturated heterocycles. The lowest BCUT2D eigenvalue weighted by atomic mass is 10.0. The average molecular weight is 329 g/mol. The minimum atomic E-state index is -0.291. The van der Waals surface area contributed by atoms with Crippen molar-refractivity contribution in [2.75, 3.05) is 6.61 Å². The van der Waals surface area contributed by atoms with Crippen LogP contribution >= 0.6 is 22.6 Å². The van der Waals surface area contributed by atoms with Crippen molar-refractivity contribution in [2.24, 2.45) is 0 Å². The molecule has 0 radical (unpaired) electrons. The van der Waals surface area contributed by atoms with Crippen molar-refractivity contribution in [3.8, 4) is 6.07 Å². The first-order valence-corrected chi connectivity index (χ1v) is 6.01. The SMILES string of the molecule is CCOC(=O)Cc1c(I)cc(C)cc1C#N. The van der Waals surface area contributed by atoms with Gasteiger partial charge in [-0.05, 0) is 59.7 Å². The van der Waals surface area contributed by atoms with Crippen molar-refractivity contribution in [1.29, 1.82) is 5.26 Å². The lowest BCUT2D eigenvalue weighted by Gasteiger charge is -2.07. The maximum absolute atomic E-state index is 11.4. The maximum Gasteiger partial charge on any atom is 0.310 e. The first-order valence-electron chi connectivity index (χ1n) is 4.93. The van der Waals surface area contributed by atoms with E-state index in [4.69, 9.17) is 10.00 Å². The van der Waals surface area contributed by atoms with E-state index >= 15 is 0 Å². The van der Waals surface area contributed by atoms with Crippen molar-refractivity contribution in [2.45, 2.75) is 20.3 Å². The highest BCUT2D eigenvalue weighted by molar-refractivity contribution is 14.1. The molecule has 16 heavy (non-hydrogen) atoms. The van der Waals surface area contributed by atoms with Gasteiger partial charge >= 0.3 is 5.97 Å². The molecule has 0 saturated carbocycles. The molecule has 1 rings (SSSR count). The smallest absolute Gasteiger partial charge is 0.310 e. The number of esters is 1. The van der Waals surface area contributed by atoms with Gasteiger partial charge in [0.2, 0.25) is 0 Å². The summed E-state index contributed by atoms with van der Waals surface area (Å²) in [5, 5.41) is 9.00. The van der Waals surface area contributed by atoms with Gasteiger partial charge in [0.1, 0.15) is 0 Å². The summed E-state index contributed by atoms with van der Waals surface area (Å²) in [7, 11) is 0. The maximum atomic E-state index is 11.4. The van der Waals surface area contributed by atoms with Gasteiger partial charge in [0.15, 0.2) is 0 Å². The van der Waals surface area contributed by atoms with Crippen LogP contribution in [-0.2, 0) is 16.0 Å². The van der Waals surface area contributed by atoms with Gasteiger partial charge in [0.25, 0.3) is 0 Å². The van der Waals surface area contributed by atoms with E-state index in [1.807, 2.05) is 13.0 Å². The summed E-state index contributed by atoms with van der Waals surface area (Å²) in [5.41, 5.74) is 2.33. The van der Waals surface area contributed by atoms with Crippen molar-refractivity contribution in [3.05, 3.63) is 32.4 Å². The molecular weight excluding hydrogens is 317 g/mol. The molecule has 0 atom stereocenters. The molecule has 0 aliphatic rings.